The van der Waals surface area contributed by atoms with E-state index in [-0.39, 0.29) is 12.4 Å². The van der Waals surface area contributed by atoms with Gasteiger partial charge in [0, 0.05) is 24.8 Å². The summed E-state index contributed by atoms with van der Waals surface area (Å²) in [5.41, 5.74) is 0.855. The van der Waals surface area contributed by atoms with Gasteiger partial charge in [-0.25, -0.2) is 0 Å². The number of unbranched alkanes of at least 4 members (excludes halogenated alkanes) is 1. The first kappa shape index (κ1) is 17.0. The van der Waals surface area contributed by atoms with Crippen molar-refractivity contribution in [2.75, 3.05) is 13.1 Å². The third-order valence-corrected chi connectivity index (χ3v) is 4.62. The molecular weight excluding hydrogens is 280 g/mol. The van der Waals surface area contributed by atoms with E-state index in [1.165, 1.54) is 6.07 Å². The molecule has 0 amide bonds. The van der Waals surface area contributed by atoms with Crippen LogP contribution in [0.1, 0.15) is 50.9 Å². The van der Waals surface area contributed by atoms with Crippen molar-refractivity contribution in [3.63, 3.8) is 0 Å². The Labute approximate surface area is 132 Å². The van der Waals surface area contributed by atoms with E-state index in [0.717, 1.165) is 51.2 Å². The highest BCUT2D eigenvalue weighted by molar-refractivity contribution is 5.30. The van der Waals surface area contributed by atoms with Crippen LogP contribution in [0.25, 0.3) is 0 Å². The highest BCUT2D eigenvalue weighted by Gasteiger charge is 2.20. The first-order chi connectivity index (χ1) is 10.6. The Kier molecular flexibility index (Phi) is 6.03. The number of likely N-dealkylation sites (tertiary alicyclic amines) is 1. The maximum atomic E-state index is 11.9. The quantitative estimate of drug-likeness (QED) is 0.844. The van der Waals surface area contributed by atoms with Crippen LogP contribution in [0.4, 0.5) is 0 Å². The van der Waals surface area contributed by atoms with Crippen molar-refractivity contribution in [1.82, 2.24) is 9.47 Å². The molecule has 124 valence electrons. The van der Waals surface area contributed by atoms with Gasteiger partial charge in [-0.2, -0.15) is 0 Å². The van der Waals surface area contributed by atoms with Crippen LogP contribution in [0.5, 0.6) is 5.75 Å². The molecule has 0 saturated carbocycles. The number of pyridine rings is 1. The molecule has 5 nitrogen and oxygen atoms in total. The molecule has 0 atom stereocenters. The van der Waals surface area contributed by atoms with Gasteiger partial charge in [0.25, 0.3) is 0 Å². The molecular formula is C17H28N2O3. The van der Waals surface area contributed by atoms with Crippen LogP contribution in [0.15, 0.2) is 10.9 Å². The Bertz CT molecular complexity index is 546. The van der Waals surface area contributed by atoms with E-state index in [1.807, 2.05) is 4.57 Å². The fourth-order valence-corrected chi connectivity index (χ4v) is 3.06. The molecule has 0 aromatic carbocycles. The molecule has 0 spiro atoms. The lowest BCUT2D eigenvalue weighted by Gasteiger charge is -2.31. The van der Waals surface area contributed by atoms with Crippen LogP contribution in [-0.4, -0.2) is 32.8 Å². The molecule has 0 bridgehead atoms. The Morgan fingerprint density at radius 2 is 2.00 bits per heavy atom. The van der Waals surface area contributed by atoms with Gasteiger partial charge in [0.1, 0.15) is 0 Å². The maximum Gasteiger partial charge on any atom is 0.223 e. The summed E-state index contributed by atoms with van der Waals surface area (Å²) in [6, 6.07) is 1.35. The number of nitrogens with zero attached hydrogens (tertiary/aromatic N) is 2. The Morgan fingerprint density at radius 1 is 1.32 bits per heavy atom. The number of rotatable bonds is 6. The van der Waals surface area contributed by atoms with Gasteiger partial charge in [-0.3, -0.25) is 9.69 Å². The molecule has 1 fully saturated rings. The average Bonchev–Trinajstić information content (AvgIpc) is 2.52. The summed E-state index contributed by atoms with van der Waals surface area (Å²) in [6.07, 6.45) is 4.29. The van der Waals surface area contributed by atoms with E-state index in [0.29, 0.717) is 17.9 Å². The van der Waals surface area contributed by atoms with Crippen molar-refractivity contribution in [3.8, 4) is 5.75 Å². The first-order valence-corrected chi connectivity index (χ1v) is 8.34. The molecule has 0 unspecified atom stereocenters. The minimum Gasteiger partial charge on any atom is -0.503 e. The second-order valence-corrected chi connectivity index (χ2v) is 6.42. The zero-order chi connectivity index (χ0) is 16.1. The molecule has 1 saturated heterocycles. The number of aromatic nitrogens is 1. The van der Waals surface area contributed by atoms with Crippen molar-refractivity contribution < 1.29 is 10.2 Å². The lowest BCUT2D eigenvalue weighted by atomic mass is 9.99. The molecule has 1 aliphatic heterocycles. The predicted molar refractivity (Wildman–Crippen MR) is 86.9 cm³/mol. The summed E-state index contributed by atoms with van der Waals surface area (Å²) in [5.74, 6) is 0.586. The van der Waals surface area contributed by atoms with Gasteiger partial charge in [0.05, 0.1) is 12.3 Å². The summed E-state index contributed by atoms with van der Waals surface area (Å²) >= 11 is 0. The Balaban J connectivity index is 2.30. The van der Waals surface area contributed by atoms with Crippen LogP contribution < -0.4 is 5.43 Å². The minimum atomic E-state index is -0.392. The number of aliphatic hydroxyl groups excluding tert-OH is 1. The van der Waals surface area contributed by atoms with E-state index in [4.69, 9.17) is 0 Å². The Morgan fingerprint density at radius 3 is 2.59 bits per heavy atom. The van der Waals surface area contributed by atoms with Crippen molar-refractivity contribution in [3.05, 3.63) is 27.7 Å². The summed E-state index contributed by atoms with van der Waals surface area (Å²) in [5, 5.41) is 19.8. The summed E-state index contributed by atoms with van der Waals surface area (Å²) in [6.45, 7) is 7.47. The molecule has 2 heterocycles. The number of aromatic hydroxyl groups is 1. The van der Waals surface area contributed by atoms with Crippen molar-refractivity contribution in [2.45, 2.75) is 59.2 Å². The van der Waals surface area contributed by atoms with Gasteiger partial charge in [-0.15, -0.1) is 0 Å². The van der Waals surface area contributed by atoms with Gasteiger partial charge in [-0.1, -0.05) is 20.3 Å². The van der Waals surface area contributed by atoms with Crippen LogP contribution >= 0.6 is 0 Å². The fraction of sp³-hybridized carbons (Fsp3) is 0.706. The summed E-state index contributed by atoms with van der Waals surface area (Å²) in [4.78, 5) is 14.2. The highest BCUT2D eigenvalue weighted by atomic mass is 16.3. The van der Waals surface area contributed by atoms with Crippen molar-refractivity contribution in [1.29, 1.82) is 0 Å². The molecule has 22 heavy (non-hydrogen) atoms. The monoisotopic (exact) mass is 308 g/mol. The third kappa shape index (κ3) is 3.90. The minimum absolute atomic E-state index is 0.160. The second kappa shape index (κ2) is 7.79. The lowest BCUT2D eigenvalue weighted by molar-refractivity contribution is 0.177. The van der Waals surface area contributed by atoms with E-state index in [9.17, 15) is 15.0 Å². The first-order valence-electron chi connectivity index (χ1n) is 8.34. The van der Waals surface area contributed by atoms with E-state index in [2.05, 4.69) is 18.7 Å². The van der Waals surface area contributed by atoms with Crippen LogP contribution in [0.2, 0.25) is 0 Å². The van der Waals surface area contributed by atoms with Gasteiger partial charge >= 0.3 is 0 Å². The van der Waals surface area contributed by atoms with E-state index in [1.54, 1.807) is 0 Å². The topological polar surface area (TPSA) is 65.7 Å². The van der Waals surface area contributed by atoms with Gasteiger partial charge in [-0.05, 0) is 38.3 Å². The molecule has 2 N–H and O–H groups in total. The van der Waals surface area contributed by atoms with Crippen LogP contribution in [0.3, 0.4) is 0 Å². The van der Waals surface area contributed by atoms with Crippen LogP contribution in [0, 0.1) is 5.92 Å². The molecule has 1 aromatic rings. The third-order valence-electron chi connectivity index (χ3n) is 4.62. The van der Waals surface area contributed by atoms with Crippen molar-refractivity contribution in [2.24, 2.45) is 5.92 Å². The van der Waals surface area contributed by atoms with E-state index >= 15 is 0 Å². The zero-order valence-corrected chi connectivity index (χ0v) is 13.7. The van der Waals surface area contributed by atoms with Gasteiger partial charge in [0.15, 0.2) is 5.75 Å². The largest absolute Gasteiger partial charge is 0.503 e. The normalized spacial score (nSPS) is 17.0. The second-order valence-electron chi connectivity index (χ2n) is 6.42. The molecule has 1 aromatic heterocycles. The van der Waals surface area contributed by atoms with Gasteiger partial charge < -0.3 is 14.8 Å². The predicted octanol–water partition coefficient (Wildman–Crippen LogP) is 2.08. The molecule has 0 radical (unpaired) electrons. The van der Waals surface area contributed by atoms with E-state index < -0.39 is 5.43 Å². The molecule has 1 aliphatic rings. The summed E-state index contributed by atoms with van der Waals surface area (Å²) in [7, 11) is 0. The SMILES string of the molecule is CCCCn1c(CO)cc(=O)c(O)c1CN1CCC(C)CC1. The zero-order valence-electron chi connectivity index (χ0n) is 13.7. The molecule has 0 aliphatic carbocycles. The lowest BCUT2D eigenvalue weighted by Crippen LogP contribution is -2.34. The Hall–Kier alpha value is -1.33. The maximum absolute atomic E-state index is 11.9. The molecule has 2 rings (SSSR count). The smallest absolute Gasteiger partial charge is 0.223 e. The average molecular weight is 308 g/mol. The van der Waals surface area contributed by atoms with Crippen molar-refractivity contribution >= 4 is 0 Å². The number of hydrogen-bond donors (Lipinski definition) is 2. The molecule has 5 heteroatoms. The number of piperidine rings is 1. The summed E-state index contributed by atoms with van der Waals surface area (Å²) < 4.78 is 1.93. The fourth-order valence-electron chi connectivity index (χ4n) is 3.06. The highest BCUT2D eigenvalue weighted by Crippen LogP contribution is 2.22. The number of hydrogen-bond acceptors (Lipinski definition) is 4. The van der Waals surface area contributed by atoms with Crippen LogP contribution in [-0.2, 0) is 19.7 Å². The van der Waals surface area contributed by atoms with Gasteiger partial charge in [0.2, 0.25) is 5.43 Å². The standard InChI is InChI=1S/C17H28N2O3/c1-3-4-7-19-14(12-20)10-16(21)17(22)15(19)11-18-8-5-13(2)6-9-18/h10,13,20,22H,3-9,11-12H2,1-2H3. The number of aliphatic hydroxyl groups is 1.